The molecule has 1 fully saturated rings. The number of nitrogens with two attached hydrogens (primary N) is 1. The van der Waals surface area contributed by atoms with Gasteiger partial charge in [0.05, 0.1) is 5.75 Å². The average Bonchev–Trinajstić information content (AvgIpc) is 3.06. The summed E-state index contributed by atoms with van der Waals surface area (Å²) in [6.07, 6.45) is 9.53. The van der Waals surface area contributed by atoms with Crippen LogP contribution in [0.5, 0.6) is 0 Å². The predicted molar refractivity (Wildman–Crippen MR) is 109 cm³/mol. The van der Waals surface area contributed by atoms with Crippen molar-refractivity contribution in [1.29, 1.82) is 0 Å². The van der Waals surface area contributed by atoms with Crippen LogP contribution in [0.3, 0.4) is 0 Å². The van der Waals surface area contributed by atoms with Gasteiger partial charge < -0.3 is 11.2 Å². The minimum Gasteiger partial charge on any atom is -0.355 e. The SMILES string of the molecule is Nn1c(CCC2CCCCC2)nnc1SCC(=O)NCCc1ccccc1. The smallest absolute Gasteiger partial charge is 0.230 e. The van der Waals surface area contributed by atoms with Gasteiger partial charge in [-0.15, -0.1) is 10.2 Å². The van der Waals surface area contributed by atoms with Crippen LogP contribution in [0.4, 0.5) is 0 Å². The second-order valence-electron chi connectivity index (χ2n) is 7.19. The summed E-state index contributed by atoms with van der Waals surface area (Å²) in [6.45, 7) is 0.630. The quantitative estimate of drug-likeness (QED) is 0.510. The van der Waals surface area contributed by atoms with Gasteiger partial charge in [-0.05, 0) is 24.3 Å². The van der Waals surface area contributed by atoms with Crippen molar-refractivity contribution in [3.05, 3.63) is 41.7 Å². The average molecular weight is 388 g/mol. The van der Waals surface area contributed by atoms with Crippen LogP contribution in [0.15, 0.2) is 35.5 Å². The highest BCUT2D eigenvalue weighted by Crippen LogP contribution is 2.27. The van der Waals surface area contributed by atoms with E-state index in [0.29, 0.717) is 17.5 Å². The molecule has 1 aromatic heterocycles. The van der Waals surface area contributed by atoms with Gasteiger partial charge in [0.25, 0.3) is 0 Å². The molecule has 0 bridgehead atoms. The van der Waals surface area contributed by atoms with Gasteiger partial charge in [-0.25, -0.2) is 4.68 Å². The number of aromatic nitrogens is 3. The number of nitrogens with zero attached hydrogens (tertiary/aromatic N) is 3. The third-order valence-corrected chi connectivity index (χ3v) is 6.09. The fraction of sp³-hybridized carbons (Fsp3) is 0.550. The number of nitrogens with one attached hydrogen (secondary N) is 1. The van der Waals surface area contributed by atoms with Crippen molar-refractivity contribution in [2.45, 2.75) is 56.5 Å². The first kappa shape index (κ1) is 19.7. The second kappa shape index (κ2) is 10.3. The van der Waals surface area contributed by atoms with E-state index in [1.807, 2.05) is 18.2 Å². The third-order valence-electron chi connectivity index (χ3n) is 5.15. The fourth-order valence-corrected chi connectivity index (χ4v) is 4.26. The molecule has 1 amide bonds. The summed E-state index contributed by atoms with van der Waals surface area (Å²) in [6, 6.07) is 10.1. The normalized spacial score (nSPS) is 15.0. The molecule has 1 aliphatic carbocycles. The Balaban J connectivity index is 1.37. The van der Waals surface area contributed by atoms with Gasteiger partial charge in [0.1, 0.15) is 0 Å². The van der Waals surface area contributed by atoms with E-state index in [2.05, 4.69) is 27.6 Å². The maximum absolute atomic E-state index is 12.0. The number of amides is 1. The van der Waals surface area contributed by atoms with Crippen molar-refractivity contribution >= 4 is 17.7 Å². The largest absolute Gasteiger partial charge is 0.355 e. The number of hydrogen-bond donors (Lipinski definition) is 2. The summed E-state index contributed by atoms with van der Waals surface area (Å²) in [5, 5.41) is 11.9. The molecular weight excluding hydrogens is 358 g/mol. The zero-order valence-electron chi connectivity index (χ0n) is 15.8. The molecule has 1 heterocycles. The molecule has 146 valence electrons. The first-order valence-corrected chi connectivity index (χ1v) is 10.8. The van der Waals surface area contributed by atoms with E-state index in [4.69, 9.17) is 5.84 Å². The number of rotatable bonds is 9. The van der Waals surface area contributed by atoms with Crippen LogP contribution < -0.4 is 11.2 Å². The van der Waals surface area contributed by atoms with Crippen molar-refractivity contribution in [2.24, 2.45) is 5.92 Å². The number of aryl methyl sites for hydroxylation is 1. The van der Waals surface area contributed by atoms with Crippen LogP contribution in [-0.4, -0.2) is 33.1 Å². The molecule has 0 aliphatic heterocycles. The maximum Gasteiger partial charge on any atom is 0.230 e. The van der Waals surface area contributed by atoms with Crippen molar-refractivity contribution < 1.29 is 4.79 Å². The molecule has 0 saturated heterocycles. The summed E-state index contributed by atoms with van der Waals surface area (Å²) in [5.74, 6) is 8.01. The van der Waals surface area contributed by atoms with Crippen LogP contribution >= 0.6 is 11.8 Å². The molecule has 1 aromatic carbocycles. The van der Waals surface area contributed by atoms with Crippen LogP contribution in [-0.2, 0) is 17.6 Å². The minimum atomic E-state index is -0.0114. The lowest BCUT2D eigenvalue weighted by Gasteiger charge is -2.20. The Hall–Kier alpha value is -2.02. The number of carbonyl (C=O) groups excluding carboxylic acids is 1. The van der Waals surface area contributed by atoms with Crippen molar-refractivity contribution in [3.8, 4) is 0 Å². The Morgan fingerprint density at radius 3 is 2.70 bits per heavy atom. The predicted octanol–water partition coefficient (Wildman–Crippen LogP) is 2.96. The van der Waals surface area contributed by atoms with Gasteiger partial charge in [-0.1, -0.05) is 74.2 Å². The van der Waals surface area contributed by atoms with Crippen molar-refractivity contribution in [2.75, 3.05) is 18.1 Å². The van der Waals surface area contributed by atoms with E-state index in [1.54, 1.807) is 4.68 Å². The van der Waals surface area contributed by atoms with Gasteiger partial charge in [0.15, 0.2) is 5.82 Å². The molecule has 6 nitrogen and oxygen atoms in total. The first-order chi connectivity index (χ1) is 13.2. The Bertz CT molecular complexity index is 712. The van der Waals surface area contributed by atoms with Gasteiger partial charge in [-0.2, -0.15) is 0 Å². The van der Waals surface area contributed by atoms with E-state index in [-0.39, 0.29) is 5.91 Å². The van der Waals surface area contributed by atoms with Crippen LogP contribution in [0.25, 0.3) is 0 Å². The molecule has 2 aromatic rings. The lowest BCUT2D eigenvalue weighted by Crippen LogP contribution is -2.27. The monoisotopic (exact) mass is 387 g/mol. The Morgan fingerprint density at radius 2 is 1.93 bits per heavy atom. The molecule has 0 atom stereocenters. The van der Waals surface area contributed by atoms with Crippen molar-refractivity contribution in [3.63, 3.8) is 0 Å². The van der Waals surface area contributed by atoms with E-state index < -0.39 is 0 Å². The van der Waals surface area contributed by atoms with Crippen LogP contribution in [0.1, 0.15) is 49.9 Å². The van der Waals surface area contributed by atoms with E-state index in [0.717, 1.165) is 31.0 Å². The molecule has 3 rings (SSSR count). The first-order valence-electron chi connectivity index (χ1n) is 9.85. The number of hydrogen-bond acceptors (Lipinski definition) is 5. The molecule has 0 spiro atoms. The van der Waals surface area contributed by atoms with Crippen LogP contribution in [0, 0.1) is 5.92 Å². The molecule has 27 heavy (non-hydrogen) atoms. The third kappa shape index (κ3) is 6.27. The lowest BCUT2D eigenvalue weighted by molar-refractivity contribution is -0.118. The summed E-state index contributed by atoms with van der Waals surface area (Å²) < 4.78 is 1.55. The second-order valence-corrected chi connectivity index (χ2v) is 8.13. The zero-order chi connectivity index (χ0) is 18.9. The molecule has 1 saturated carbocycles. The van der Waals surface area contributed by atoms with Gasteiger partial charge >= 0.3 is 0 Å². The molecule has 0 radical (unpaired) electrons. The molecule has 1 aliphatic rings. The summed E-state index contributed by atoms with van der Waals surface area (Å²) >= 11 is 1.34. The molecule has 3 N–H and O–H groups in total. The summed E-state index contributed by atoms with van der Waals surface area (Å²) in [7, 11) is 0. The van der Waals surface area contributed by atoms with Crippen LogP contribution in [0.2, 0.25) is 0 Å². The minimum absolute atomic E-state index is 0.0114. The maximum atomic E-state index is 12.0. The molecule has 7 heteroatoms. The topological polar surface area (TPSA) is 85.8 Å². The highest BCUT2D eigenvalue weighted by atomic mass is 32.2. The number of benzene rings is 1. The Morgan fingerprint density at radius 1 is 1.15 bits per heavy atom. The van der Waals surface area contributed by atoms with Gasteiger partial charge in [-0.3, -0.25) is 4.79 Å². The fourth-order valence-electron chi connectivity index (χ4n) is 3.56. The zero-order valence-corrected chi connectivity index (χ0v) is 16.6. The Labute approximate surface area is 165 Å². The summed E-state index contributed by atoms with van der Waals surface area (Å²) in [4.78, 5) is 12.0. The lowest BCUT2D eigenvalue weighted by atomic mass is 9.86. The number of carbonyl (C=O) groups is 1. The molecule has 0 unspecified atom stereocenters. The van der Waals surface area contributed by atoms with Gasteiger partial charge in [0.2, 0.25) is 11.1 Å². The molecular formula is C20H29N5OS. The number of thioether (sulfide) groups is 1. The highest BCUT2D eigenvalue weighted by Gasteiger charge is 2.16. The van der Waals surface area contributed by atoms with E-state index in [9.17, 15) is 4.79 Å². The number of nitrogen functional groups attached to an aromatic ring is 1. The van der Waals surface area contributed by atoms with E-state index in [1.165, 1.54) is 49.4 Å². The standard InChI is InChI=1S/C20H29N5OS/c21-25-18(12-11-16-7-3-1-4-8-16)23-24-20(25)27-15-19(26)22-14-13-17-9-5-2-6-10-17/h2,5-6,9-10,16H,1,3-4,7-8,11-15,21H2,(H,22,26). The van der Waals surface area contributed by atoms with Gasteiger partial charge in [0, 0.05) is 13.0 Å². The Kier molecular flexibility index (Phi) is 7.56. The highest BCUT2D eigenvalue weighted by molar-refractivity contribution is 7.99. The van der Waals surface area contributed by atoms with E-state index >= 15 is 0 Å². The van der Waals surface area contributed by atoms with Crippen molar-refractivity contribution in [1.82, 2.24) is 20.2 Å². The summed E-state index contributed by atoms with van der Waals surface area (Å²) in [5.41, 5.74) is 1.22.